The molecule has 0 bridgehead atoms. The Balaban J connectivity index is 0.862. The number of benzene rings is 2. The molecule has 0 aromatic heterocycles. The maximum absolute atomic E-state index is 12.2. The number of hydrogen-bond donors (Lipinski definition) is 0. The third-order valence-electron chi connectivity index (χ3n) is 9.26. The van der Waals surface area contributed by atoms with Crippen molar-refractivity contribution in [3.05, 3.63) is 59.7 Å². The van der Waals surface area contributed by atoms with Gasteiger partial charge in [-0.05, 0) is 36.8 Å². The molecule has 2 aromatic carbocycles. The highest BCUT2D eigenvalue weighted by molar-refractivity contribution is 5.86. The van der Waals surface area contributed by atoms with Gasteiger partial charge in [0.05, 0.1) is 11.8 Å². The Bertz CT molecular complexity index is 982. The van der Waals surface area contributed by atoms with Crippen molar-refractivity contribution in [3.8, 4) is 11.5 Å². The van der Waals surface area contributed by atoms with Gasteiger partial charge in [-0.25, -0.2) is 0 Å². The molecule has 2 atom stereocenters. The molecule has 2 aromatic rings. The van der Waals surface area contributed by atoms with Gasteiger partial charge in [-0.15, -0.1) is 0 Å². The van der Waals surface area contributed by atoms with Crippen LogP contribution in [0.1, 0.15) is 126 Å². The number of ether oxygens (including phenoxy) is 2. The van der Waals surface area contributed by atoms with Gasteiger partial charge in [-0.3, -0.25) is 9.59 Å². The Hall–Kier alpha value is -2.62. The predicted molar refractivity (Wildman–Crippen MR) is 150 cm³/mol. The molecule has 2 heterocycles. The summed E-state index contributed by atoms with van der Waals surface area (Å²) in [6.45, 7) is 0. The van der Waals surface area contributed by atoms with Crippen molar-refractivity contribution in [3.63, 3.8) is 0 Å². The first kappa shape index (κ1) is 27.0. The van der Waals surface area contributed by atoms with E-state index >= 15 is 0 Å². The van der Waals surface area contributed by atoms with Crippen molar-refractivity contribution in [1.29, 1.82) is 0 Å². The minimum Gasteiger partial charge on any atom is -0.426 e. The van der Waals surface area contributed by atoms with Crippen molar-refractivity contribution in [2.45, 2.75) is 115 Å². The molecule has 204 valence electrons. The fourth-order valence-electron chi connectivity index (χ4n) is 6.96. The van der Waals surface area contributed by atoms with Crippen LogP contribution in [0.2, 0.25) is 0 Å². The van der Waals surface area contributed by atoms with Crippen LogP contribution in [0.3, 0.4) is 0 Å². The average molecular weight is 517 g/mol. The minimum atomic E-state index is -0.0650. The van der Waals surface area contributed by atoms with E-state index in [-0.39, 0.29) is 23.8 Å². The highest BCUT2D eigenvalue weighted by Crippen LogP contribution is 2.39. The largest absolute Gasteiger partial charge is 0.426 e. The molecule has 2 aliphatic heterocycles. The summed E-state index contributed by atoms with van der Waals surface area (Å²) in [5.41, 5.74) is 2.16. The number of esters is 2. The highest BCUT2D eigenvalue weighted by Gasteiger charge is 2.33. The molecule has 0 saturated heterocycles. The van der Waals surface area contributed by atoms with E-state index in [1.807, 2.05) is 48.5 Å². The van der Waals surface area contributed by atoms with Crippen LogP contribution in [0, 0.1) is 11.8 Å². The van der Waals surface area contributed by atoms with Crippen molar-refractivity contribution >= 4 is 11.9 Å². The highest BCUT2D eigenvalue weighted by atomic mass is 16.5. The standard InChI is InChI=1S/C34H44O4/c35-33-29(27-15-9-11-19-31(27)37-33)17-7-3-1-5-13-25-21-23-26(24-22-25)14-6-2-4-8-18-30-28-16-10-12-20-32(28)38-34(30)36/h9-12,15-16,19-20,25-26,29-30H,1-8,13-14,17-18,21-24H2. The maximum atomic E-state index is 12.2. The molecule has 0 N–H and O–H groups in total. The van der Waals surface area contributed by atoms with Crippen LogP contribution >= 0.6 is 0 Å². The summed E-state index contributed by atoms with van der Waals surface area (Å²) in [4.78, 5) is 24.3. The van der Waals surface area contributed by atoms with Crippen LogP contribution in [0.15, 0.2) is 48.5 Å². The van der Waals surface area contributed by atoms with Gasteiger partial charge < -0.3 is 9.47 Å². The number of rotatable bonds is 14. The van der Waals surface area contributed by atoms with Gasteiger partial charge in [0, 0.05) is 11.1 Å². The lowest BCUT2D eigenvalue weighted by atomic mass is 9.78. The van der Waals surface area contributed by atoms with E-state index < -0.39 is 0 Å². The molecule has 1 fully saturated rings. The van der Waals surface area contributed by atoms with E-state index in [9.17, 15) is 9.59 Å². The Morgan fingerprint density at radius 2 is 0.868 bits per heavy atom. The number of hydrogen-bond acceptors (Lipinski definition) is 4. The summed E-state index contributed by atoms with van der Waals surface area (Å²) >= 11 is 0. The fraction of sp³-hybridized carbons (Fsp3) is 0.588. The average Bonchev–Trinajstić information content (AvgIpc) is 3.43. The minimum absolute atomic E-state index is 0.0509. The van der Waals surface area contributed by atoms with Gasteiger partial charge in [0.15, 0.2) is 0 Å². The van der Waals surface area contributed by atoms with E-state index in [2.05, 4.69) is 0 Å². The smallest absolute Gasteiger partial charge is 0.318 e. The van der Waals surface area contributed by atoms with Crippen molar-refractivity contribution in [2.75, 3.05) is 0 Å². The quantitative estimate of drug-likeness (QED) is 0.143. The van der Waals surface area contributed by atoms with Gasteiger partial charge in [-0.1, -0.05) is 126 Å². The lowest BCUT2D eigenvalue weighted by molar-refractivity contribution is -0.135. The Morgan fingerprint density at radius 1 is 0.500 bits per heavy atom. The third kappa shape index (κ3) is 6.87. The van der Waals surface area contributed by atoms with E-state index in [1.54, 1.807) is 0 Å². The topological polar surface area (TPSA) is 52.6 Å². The molecule has 1 aliphatic carbocycles. The number of para-hydroxylation sites is 2. The van der Waals surface area contributed by atoms with Crippen LogP contribution in [-0.2, 0) is 9.59 Å². The predicted octanol–water partition coefficient (Wildman–Crippen LogP) is 8.88. The molecule has 3 aliphatic rings. The maximum Gasteiger partial charge on any atom is 0.318 e. The molecule has 1 saturated carbocycles. The van der Waals surface area contributed by atoms with Crippen LogP contribution in [-0.4, -0.2) is 11.9 Å². The number of carbonyl (C=O) groups excluding carboxylic acids is 2. The zero-order chi connectivity index (χ0) is 26.2. The lowest BCUT2D eigenvalue weighted by Gasteiger charge is -2.28. The van der Waals surface area contributed by atoms with Crippen molar-refractivity contribution < 1.29 is 19.1 Å². The monoisotopic (exact) mass is 516 g/mol. The fourth-order valence-corrected chi connectivity index (χ4v) is 6.96. The molecule has 5 rings (SSSR count). The zero-order valence-corrected chi connectivity index (χ0v) is 22.9. The normalized spacial score (nSPS) is 24.1. The van der Waals surface area contributed by atoms with Gasteiger partial charge in [-0.2, -0.15) is 0 Å². The van der Waals surface area contributed by atoms with E-state index in [4.69, 9.17) is 9.47 Å². The summed E-state index contributed by atoms with van der Waals surface area (Å²) in [7, 11) is 0. The van der Waals surface area contributed by atoms with Crippen molar-refractivity contribution in [1.82, 2.24) is 0 Å². The van der Waals surface area contributed by atoms with Crippen molar-refractivity contribution in [2.24, 2.45) is 11.8 Å². The summed E-state index contributed by atoms with van der Waals surface area (Å²) < 4.78 is 10.8. The number of fused-ring (bicyclic) bond motifs is 2. The summed E-state index contributed by atoms with van der Waals surface area (Å²) in [5, 5.41) is 0. The van der Waals surface area contributed by atoms with Crippen LogP contribution in [0.25, 0.3) is 0 Å². The summed E-state index contributed by atoms with van der Waals surface area (Å²) in [6.07, 6.45) is 20.2. The van der Waals surface area contributed by atoms with Gasteiger partial charge in [0.25, 0.3) is 0 Å². The summed E-state index contributed by atoms with van der Waals surface area (Å²) in [6, 6.07) is 15.7. The Morgan fingerprint density at radius 3 is 1.29 bits per heavy atom. The molecule has 0 radical (unpaired) electrons. The SMILES string of the molecule is O=C1Oc2ccccc2C1CCCCCCC1CCC(CCCCCCC2C(=O)Oc3ccccc32)CC1. The van der Waals surface area contributed by atoms with E-state index in [0.717, 1.165) is 60.1 Å². The van der Waals surface area contributed by atoms with Crippen LogP contribution in [0.5, 0.6) is 11.5 Å². The molecule has 2 unspecified atom stereocenters. The second kappa shape index (κ2) is 13.4. The second-order valence-electron chi connectivity index (χ2n) is 11.9. The zero-order valence-electron chi connectivity index (χ0n) is 22.9. The molecular formula is C34H44O4. The summed E-state index contributed by atoms with van der Waals surface area (Å²) in [5.74, 6) is 3.15. The molecule has 38 heavy (non-hydrogen) atoms. The number of carbonyl (C=O) groups is 2. The Labute approximate surface area is 228 Å². The van der Waals surface area contributed by atoms with Crippen LogP contribution < -0.4 is 9.47 Å². The molecule has 0 amide bonds. The molecule has 0 spiro atoms. The lowest BCUT2D eigenvalue weighted by Crippen LogP contribution is -2.14. The third-order valence-corrected chi connectivity index (χ3v) is 9.26. The van der Waals surface area contributed by atoms with Crippen LogP contribution in [0.4, 0.5) is 0 Å². The first-order valence-electron chi connectivity index (χ1n) is 15.3. The van der Waals surface area contributed by atoms with E-state index in [0.29, 0.717) is 0 Å². The molecular weight excluding hydrogens is 472 g/mol. The van der Waals surface area contributed by atoms with Gasteiger partial charge >= 0.3 is 11.9 Å². The van der Waals surface area contributed by atoms with E-state index in [1.165, 1.54) is 77.0 Å². The van der Waals surface area contributed by atoms with Gasteiger partial charge in [0.2, 0.25) is 0 Å². The first-order chi connectivity index (χ1) is 18.7. The number of unbranched alkanes of at least 4 members (excludes halogenated alkanes) is 6. The molecule has 4 nitrogen and oxygen atoms in total. The second-order valence-corrected chi connectivity index (χ2v) is 11.9. The molecule has 4 heteroatoms. The Kier molecular flexibility index (Phi) is 9.54. The first-order valence-corrected chi connectivity index (χ1v) is 15.3. The van der Waals surface area contributed by atoms with Gasteiger partial charge in [0.1, 0.15) is 11.5 Å².